The van der Waals surface area contributed by atoms with Gasteiger partial charge in [-0.25, -0.2) is 4.98 Å². The lowest BCUT2D eigenvalue weighted by atomic mass is 10.2. The molecule has 0 unspecified atom stereocenters. The number of anilines is 1. The predicted octanol–water partition coefficient (Wildman–Crippen LogP) is 2.06. The van der Waals surface area contributed by atoms with E-state index in [-0.39, 0.29) is 18.1 Å². The van der Waals surface area contributed by atoms with Gasteiger partial charge >= 0.3 is 5.97 Å². The lowest BCUT2D eigenvalue weighted by Gasteiger charge is -2.19. The van der Waals surface area contributed by atoms with Gasteiger partial charge in [-0.05, 0) is 22.9 Å². The number of methoxy groups -OCH3 is 1. The first-order valence-electron chi connectivity index (χ1n) is 5.46. The number of aromatic nitrogens is 1. The van der Waals surface area contributed by atoms with E-state index in [1.165, 1.54) is 13.3 Å². The van der Waals surface area contributed by atoms with Crippen molar-refractivity contribution in [1.29, 1.82) is 0 Å². The van der Waals surface area contributed by atoms with Crippen molar-refractivity contribution in [3.63, 3.8) is 0 Å². The van der Waals surface area contributed by atoms with Gasteiger partial charge in [0.05, 0.1) is 22.9 Å². The van der Waals surface area contributed by atoms with Crippen LogP contribution in [0.4, 0.5) is 11.5 Å². The first kappa shape index (κ1) is 15.4. The van der Waals surface area contributed by atoms with Crippen molar-refractivity contribution in [3.05, 3.63) is 26.3 Å². The van der Waals surface area contributed by atoms with Gasteiger partial charge in [0.1, 0.15) is 12.0 Å². The molecule has 0 radical (unpaired) electrons. The zero-order chi connectivity index (χ0) is 14.6. The molecule has 7 nitrogen and oxygen atoms in total. The van der Waals surface area contributed by atoms with Gasteiger partial charge in [0.15, 0.2) is 0 Å². The molecule has 0 aliphatic carbocycles. The van der Waals surface area contributed by atoms with Crippen molar-refractivity contribution in [1.82, 2.24) is 4.98 Å². The monoisotopic (exact) mass is 331 g/mol. The van der Waals surface area contributed by atoms with Gasteiger partial charge in [-0.1, -0.05) is 0 Å². The maximum atomic E-state index is 11.1. The number of esters is 1. The van der Waals surface area contributed by atoms with Crippen LogP contribution in [0, 0.1) is 17.0 Å². The Morgan fingerprint density at radius 2 is 2.26 bits per heavy atom. The van der Waals surface area contributed by atoms with Crippen molar-refractivity contribution < 1.29 is 14.5 Å². The largest absolute Gasteiger partial charge is 0.469 e. The molecule has 1 aromatic heterocycles. The highest BCUT2D eigenvalue weighted by Crippen LogP contribution is 2.32. The Balaban J connectivity index is 2.93. The van der Waals surface area contributed by atoms with Crippen LogP contribution in [-0.2, 0) is 9.53 Å². The molecule has 0 amide bonds. The number of nitrogens with zero attached hydrogens (tertiary/aromatic N) is 3. The fourth-order valence-corrected chi connectivity index (χ4v) is 2.08. The van der Waals surface area contributed by atoms with Gasteiger partial charge in [-0.2, -0.15) is 0 Å². The smallest absolute Gasteiger partial charge is 0.307 e. The van der Waals surface area contributed by atoms with E-state index in [1.54, 1.807) is 18.9 Å². The third kappa shape index (κ3) is 3.63. The maximum absolute atomic E-state index is 11.1. The standard InChI is InChI=1S/C11H14BrN3O4/c1-7-8(15(17)18)6-13-11(10(7)12)14(2)5-4-9(16)19-3/h6H,4-5H2,1-3H3. The van der Waals surface area contributed by atoms with Gasteiger partial charge in [-0.15, -0.1) is 0 Å². The Hall–Kier alpha value is -1.70. The average Bonchev–Trinajstić information content (AvgIpc) is 2.38. The van der Waals surface area contributed by atoms with Crippen LogP contribution < -0.4 is 4.90 Å². The summed E-state index contributed by atoms with van der Waals surface area (Å²) in [6.07, 6.45) is 1.43. The molecule has 0 saturated heterocycles. The summed E-state index contributed by atoms with van der Waals surface area (Å²) in [7, 11) is 3.08. The summed E-state index contributed by atoms with van der Waals surface area (Å²) in [4.78, 5) is 27.2. The van der Waals surface area contributed by atoms with Gasteiger partial charge in [0.2, 0.25) is 0 Å². The number of carbonyl (C=O) groups excluding carboxylic acids is 1. The predicted molar refractivity (Wildman–Crippen MR) is 73.2 cm³/mol. The van der Waals surface area contributed by atoms with E-state index in [2.05, 4.69) is 25.7 Å². The second-order valence-electron chi connectivity index (χ2n) is 3.91. The third-order valence-electron chi connectivity index (χ3n) is 2.66. The highest BCUT2D eigenvalue weighted by Gasteiger charge is 2.19. The summed E-state index contributed by atoms with van der Waals surface area (Å²) in [5.74, 6) is 0.230. The van der Waals surface area contributed by atoms with E-state index in [0.29, 0.717) is 22.4 Å². The topological polar surface area (TPSA) is 85.6 Å². The molecule has 0 atom stereocenters. The van der Waals surface area contributed by atoms with Crippen LogP contribution in [0.15, 0.2) is 10.7 Å². The van der Waals surface area contributed by atoms with Gasteiger partial charge in [-0.3, -0.25) is 14.9 Å². The first-order chi connectivity index (χ1) is 8.88. The number of ether oxygens (including phenoxy) is 1. The average molecular weight is 332 g/mol. The molecule has 0 saturated carbocycles. The minimum Gasteiger partial charge on any atom is -0.469 e. The minimum atomic E-state index is -0.481. The SMILES string of the molecule is COC(=O)CCN(C)c1ncc([N+](=O)[O-])c(C)c1Br. The molecule has 8 heteroatoms. The quantitative estimate of drug-likeness (QED) is 0.466. The molecule has 1 aromatic rings. The third-order valence-corrected chi connectivity index (χ3v) is 3.61. The molecule has 0 bridgehead atoms. The van der Waals surface area contributed by atoms with Gasteiger partial charge in [0, 0.05) is 19.2 Å². The molecule has 0 aliphatic heterocycles. The second kappa shape index (κ2) is 6.46. The highest BCUT2D eigenvalue weighted by atomic mass is 79.9. The number of hydrogen-bond donors (Lipinski definition) is 0. The molecular weight excluding hydrogens is 318 g/mol. The molecular formula is C11H14BrN3O4. The Morgan fingerprint density at radius 3 is 2.79 bits per heavy atom. The van der Waals surface area contributed by atoms with Crippen molar-refractivity contribution >= 4 is 33.4 Å². The van der Waals surface area contributed by atoms with Gasteiger partial charge < -0.3 is 9.64 Å². The van der Waals surface area contributed by atoms with Gasteiger partial charge in [0.25, 0.3) is 5.69 Å². The van der Waals surface area contributed by atoms with Crippen LogP contribution in [0.5, 0.6) is 0 Å². The lowest BCUT2D eigenvalue weighted by Crippen LogP contribution is -2.23. The van der Waals surface area contributed by atoms with Crippen LogP contribution in [-0.4, -0.2) is 36.6 Å². The van der Waals surface area contributed by atoms with Crippen LogP contribution in [0.3, 0.4) is 0 Å². The number of hydrogen-bond acceptors (Lipinski definition) is 6. The molecule has 104 valence electrons. The van der Waals surface area contributed by atoms with E-state index in [0.717, 1.165) is 0 Å². The normalized spacial score (nSPS) is 10.1. The Labute approximate surface area is 118 Å². The lowest BCUT2D eigenvalue weighted by molar-refractivity contribution is -0.385. The Morgan fingerprint density at radius 1 is 1.63 bits per heavy atom. The van der Waals surface area contributed by atoms with Crippen molar-refractivity contribution in [2.24, 2.45) is 0 Å². The second-order valence-corrected chi connectivity index (χ2v) is 4.70. The molecule has 0 aliphatic rings. The number of carbonyl (C=O) groups is 1. The molecule has 0 spiro atoms. The van der Waals surface area contributed by atoms with Crippen LogP contribution >= 0.6 is 15.9 Å². The van der Waals surface area contributed by atoms with Crippen molar-refractivity contribution in [2.45, 2.75) is 13.3 Å². The Bertz CT molecular complexity index is 507. The molecule has 1 heterocycles. The number of nitro groups is 1. The van der Waals surface area contributed by atoms with Crippen LogP contribution in [0.25, 0.3) is 0 Å². The summed E-state index contributed by atoms with van der Waals surface area (Å²) in [6.45, 7) is 2.05. The molecule has 0 N–H and O–H groups in total. The number of halogens is 1. The number of pyridine rings is 1. The molecule has 0 aromatic carbocycles. The summed E-state index contributed by atoms with van der Waals surface area (Å²) >= 11 is 3.30. The zero-order valence-electron chi connectivity index (χ0n) is 10.8. The zero-order valence-corrected chi connectivity index (χ0v) is 12.4. The van der Waals surface area contributed by atoms with E-state index >= 15 is 0 Å². The fraction of sp³-hybridized carbons (Fsp3) is 0.455. The highest BCUT2D eigenvalue weighted by molar-refractivity contribution is 9.10. The summed E-state index contributed by atoms with van der Waals surface area (Å²) in [5, 5.41) is 10.8. The van der Waals surface area contributed by atoms with E-state index in [1.807, 2.05) is 0 Å². The summed E-state index contributed by atoms with van der Waals surface area (Å²) in [5.41, 5.74) is 0.455. The summed E-state index contributed by atoms with van der Waals surface area (Å²) in [6, 6.07) is 0. The van der Waals surface area contributed by atoms with Crippen LogP contribution in [0.1, 0.15) is 12.0 Å². The minimum absolute atomic E-state index is 0.0445. The first-order valence-corrected chi connectivity index (χ1v) is 6.25. The van der Waals surface area contributed by atoms with Crippen LogP contribution in [0.2, 0.25) is 0 Å². The maximum Gasteiger partial charge on any atom is 0.307 e. The van der Waals surface area contributed by atoms with Crippen molar-refractivity contribution in [3.8, 4) is 0 Å². The van der Waals surface area contributed by atoms with Crippen molar-refractivity contribution in [2.75, 3.05) is 25.6 Å². The van der Waals surface area contributed by atoms with E-state index in [9.17, 15) is 14.9 Å². The van der Waals surface area contributed by atoms with E-state index in [4.69, 9.17) is 0 Å². The number of rotatable bonds is 5. The molecule has 19 heavy (non-hydrogen) atoms. The molecule has 0 fully saturated rings. The van der Waals surface area contributed by atoms with E-state index < -0.39 is 4.92 Å². The summed E-state index contributed by atoms with van der Waals surface area (Å²) < 4.78 is 5.10. The fourth-order valence-electron chi connectivity index (χ4n) is 1.47. The Kier molecular flexibility index (Phi) is 5.22. The molecule has 1 rings (SSSR count).